The second-order valence-corrected chi connectivity index (χ2v) is 6.42. The van der Waals surface area contributed by atoms with Gasteiger partial charge in [0.1, 0.15) is 5.76 Å². The van der Waals surface area contributed by atoms with Crippen LogP contribution in [-0.2, 0) is 6.42 Å². The van der Waals surface area contributed by atoms with E-state index in [0.29, 0.717) is 19.6 Å². The molecule has 9 heteroatoms. The third-order valence-electron chi connectivity index (χ3n) is 4.48. The topological polar surface area (TPSA) is 65.7 Å². The molecule has 1 aromatic rings. The first-order chi connectivity index (χ1) is 12.0. The van der Waals surface area contributed by atoms with E-state index in [1.807, 2.05) is 25.7 Å². The van der Waals surface area contributed by atoms with Gasteiger partial charge in [0.05, 0.1) is 12.2 Å². The Morgan fingerprint density at radius 1 is 1.35 bits per heavy atom. The molecule has 1 aliphatic rings. The van der Waals surface area contributed by atoms with Crippen molar-refractivity contribution < 1.29 is 13.3 Å². The lowest BCUT2D eigenvalue weighted by atomic mass is 10.1. The molecule has 1 aromatic heterocycles. The summed E-state index contributed by atoms with van der Waals surface area (Å²) in [6.07, 6.45) is 0.222. The van der Waals surface area contributed by atoms with Gasteiger partial charge >= 0.3 is 0 Å². The van der Waals surface area contributed by atoms with Crippen LogP contribution in [-0.4, -0.2) is 61.2 Å². The van der Waals surface area contributed by atoms with E-state index in [-0.39, 0.29) is 36.6 Å². The zero-order valence-corrected chi connectivity index (χ0v) is 18.1. The monoisotopic (exact) mass is 485 g/mol. The third-order valence-corrected chi connectivity index (χ3v) is 4.48. The Hall–Kier alpha value is -0.970. The summed E-state index contributed by atoms with van der Waals surface area (Å²) in [5, 5.41) is 10.6. The molecule has 1 aliphatic heterocycles. The molecule has 1 fully saturated rings. The number of guanidine groups is 1. The first kappa shape index (κ1) is 23.1. The predicted octanol–water partition coefficient (Wildman–Crippen LogP) is 2.74. The van der Waals surface area contributed by atoms with Crippen LogP contribution in [0.4, 0.5) is 8.78 Å². The van der Waals surface area contributed by atoms with E-state index < -0.39 is 6.43 Å². The van der Waals surface area contributed by atoms with Crippen LogP contribution in [0.15, 0.2) is 9.52 Å². The summed E-state index contributed by atoms with van der Waals surface area (Å²) < 4.78 is 30.1. The third kappa shape index (κ3) is 7.34. The quantitative estimate of drug-likeness (QED) is 0.354. The summed E-state index contributed by atoms with van der Waals surface area (Å²) in [4.78, 5) is 6.45. The summed E-state index contributed by atoms with van der Waals surface area (Å²) >= 11 is 0. The maximum atomic E-state index is 12.4. The molecule has 0 spiro atoms. The van der Waals surface area contributed by atoms with E-state index in [1.165, 1.54) is 0 Å². The number of halogens is 3. The minimum absolute atomic E-state index is 0. The molecule has 0 aliphatic carbocycles. The van der Waals surface area contributed by atoms with Crippen LogP contribution < -0.4 is 10.6 Å². The van der Waals surface area contributed by atoms with Gasteiger partial charge in [0.2, 0.25) is 0 Å². The largest absolute Gasteiger partial charge is 0.361 e. The number of hydrogen-bond acceptors (Lipinski definition) is 4. The molecule has 2 rings (SSSR count). The number of nitrogens with one attached hydrogen (secondary N) is 2. The lowest BCUT2D eigenvalue weighted by molar-refractivity contribution is 0.0744. The molecule has 150 valence electrons. The van der Waals surface area contributed by atoms with Crippen molar-refractivity contribution in [2.45, 2.75) is 52.5 Å². The number of aryl methyl sites for hydroxylation is 2. The summed E-state index contributed by atoms with van der Waals surface area (Å²) in [5.41, 5.74) is 2.02. The summed E-state index contributed by atoms with van der Waals surface area (Å²) in [5.74, 6) is 1.62. The van der Waals surface area contributed by atoms with Crippen LogP contribution in [0.1, 0.15) is 36.8 Å². The molecule has 6 nitrogen and oxygen atoms in total. The Kier molecular flexibility index (Phi) is 10.4. The highest BCUT2D eigenvalue weighted by molar-refractivity contribution is 14.0. The van der Waals surface area contributed by atoms with Crippen molar-refractivity contribution >= 4 is 29.9 Å². The van der Waals surface area contributed by atoms with Crippen molar-refractivity contribution in [3.05, 3.63) is 17.0 Å². The molecule has 0 aromatic carbocycles. The minimum atomic E-state index is -2.26. The molecule has 0 bridgehead atoms. The Bertz CT molecular complexity index is 540. The molecule has 0 radical (unpaired) electrons. The van der Waals surface area contributed by atoms with E-state index >= 15 is 0 Å². The van der Waals surface area contributed by atoms with Crippen molar-refractivity contribution in [1.29, 1.82) is 0 Å². The first-order valence-electron chi connectivity index (χ1n) is 8.96. The molecule has 2 N–H and O–H groups in total. The molecule has 2 heterocycles. The number of piperidine rings is 1. The number of nitrogens with zero attached hydrogens (tertiary/aromatic N) is 3. The maximum absolute atomic E-state index is 12.4. The van der Waals surface area contributed by atoms with Crippen LogP contribution in [0.3, 0.4) is 0 Å². The summed E-state index contributed by atoms with van der Waals surface area (Å²) in [6, 6.07) is 0.269. The van der Waals surface area contributed by atoms with Crippen molar-refractivity contribution in [2.24, 2.45) is 4.99 Å². The number of rotatable bonds is 7. The second kappa shape index (κ2) is 11.7. The smallest absolute Gasteiger partial charge is 0.251 e. The van der Waals surface area contributed by atoms with Crippen LogP contribution >= 0.6 is 24.0 Å². The SMILES string of the molecule is CCNC(=NCCc1c(C)noc1C)NC1CCN(CC(F)F)CC1.I. The molecule has 0 saturated carbocycles. The zero-order chi connectivity index (χ0) is 18.2. The number of aliphatic imine (C=N–C) groups is 1. The Balaban J connectivity index is 0.00000338. The highest BCUT2D eigenvalue weighted by Crippen LogP contribution is 2.13. The van der Waals surface area contributed by atoms with Gasteiger partial charge in [-0.15, -0.1) is 24.0 Å². The molecular weight excluding hydrogens is 455 g/mol. The fourth-order valence-corrected chi connectivity index (χ4v) is 3.11. The second-order valence-electron chi connectivity index (χ2n) is 6.42. The zero-order valence-electron chi connectivity index (χ0n) is 15.7. The van der Waals surface area contributed by atoms with Gasteiger partial charge < -0.3 is 15.2 Å². The van der Waals surface area contributed by atoms with E-state index in [4.69, 9.17) is 4.52 Å². The van der Waals surface area contributed by atoms with Crippen LogP contribution in [0.2, 0.25) is 0 Å². The van der Waals surface area contributed by atoms with E-state index in [2.05, 4.69) is 20.8 Å². The fourth-order valence-electron chi connectivity index (χ4n) is 3.11. The van der Waals surface area contributed by atoms with E-state index in [0.717, 1.165) is 48.8 Å². The van der Waals surface area contributed by atoms with Gasteiger partial charge in [-0.1, -0.05) is 5.16 Å². The standard InChI is InChI=1S/C17H29F2N5O.HI/c1-4-20-17(21-8-5-15-12(2)23-25-13(15)3)22-14-6-9-24(10-7-14)11-16(18)19;/h14,16H,4-11H2,1-3H3,(H2,20,21,22);1H. The van der Waals surface area contributed by atoms with Crippen molar-refractivity contribution in [2.75, 3.05) is 32.7 Å². The van der Waals surface area contributed by atoms with Gasteiger partial charge in [-0.2, -0.15) is 0 Å². The Morgan fingerprint density at radius 3 is 2.58 bits per heavy atom. The number of aromatic nitrogens is 1. The number of alkyl halides is 2. The predicted molar refractivity (Wildman–Crippen MR) is 110 cm³/mol. The lowest BCUT2D eigenvalue weighted by Crippen LogP contribution is -2.49. The van der Waals surface area contributed by atoms with Gasteiger partial charge in [-0.3, -0.25) is 9.89 Å². The minimum Gasteiger partial charge on any atom is -0.361 e. The molecule has 0 atom stereocenters. The molecule has 1 saturated heterocycles. The molecule has 0 unspecified atom stereocenters. The van der Waals surface area contributed by atoms with Crippen molar-refractivity contribution in [1.82, 2.24) is 20.7 Å². The number of likely N-dealkylation sites (tertiary alicyclic amines) is 1. The van der Waals surface area contributed by atoms with Crippen LogP contribution in [0, 0.1) is 13.8 Å². The lowest BCUT2D eigenvalue weighted by Gasteiger charge is -2.32. The highest BCUT2D eigenvalue weighted by atomic mass is 127. The van der Waals surface area contributed by atoms with Crippen molar-refractivity contribution in [3.8, 4) is 0 Å². The van der Waals surface area contributed by atoms with Crippen molar-refractivity contribution in [3.63, 3.8) is 0 Å². The summed E-state index contributed by atoms with van der Waals surface area (Å²) in [6.45, 7) is 8.56. The van der Waals surface area contributed by atoms with Gasteiger partial charge in [0, 0.05) is 37.8 Å². The van der Waals surface area contributed by atoms with Gasteiger partial charge in [0.15, 0.2) is 5.96 Å². The fraction of sp³-hybridized carbons (Fsp3) is 0.765. The first-order valence-corrected chi connectivity index (χ1v) is 8.96. The van der Waals surface area contributed by atoms with Crippen LogP contribution in [0.25, 0.3) is 0 Å². The number of hydrogen-bond donors (Lipinski definition) is 2. The highest BCUT2D eigenvalue weighted by Gasteiger charge is 2.22. The Labute approximate surface area is 171 Å². The maximum Gasteiger partial charge on any atom is 0.251 e. The average Bonchev–Trinajstić information content (AvgIpc) is 2.88. The average molecular weight is 485 g/mol. The van der Waals surface area contributed by atoms with Gasteiger partial charge in [0.25, 0.3) is 6.43 Å². The van der Waals surface area contributed by atoms with Crippen LogP contribution in [0.5, 0.6) is 0 Å². The summed E-state index contributed by atoms with van der Waals surface area (Å²) in [7, 11) is 0. The Morgan fingerprint density at radius 2 is 2.04 bits per heavy atom. The van der Waals surface area contributed by atoms with Gasteiger partial charge in [-0.25, -0.2) is 8.78 Å². The molecular formula is C17H30F2IN5O. The van der Waals surface area contributed by atoms with Gasteiger partial charge in [-0.05, 0) is 40.0 Å². The van der Waals surface area contributed by atoms with E-state index in [9.17, 15) is 8.78 Å². The normalized spacial score (nSPS) is 16.6. The molecule has 26 heavy (non-hydrogen) atoms. The molecule has 0 amide bonds. The van der Waals surface area contributed by atoms with E-state index in [1.54, 1.807) is 0 Å².